The van der Waals surface area contributed by atoms with Crippen LogP contribution in [0.15, 0.2) is 29.3 Å². The van der Waals surface area contributed by atoms with Gasteiger partial charge in [-0.05, 0) is 24.8 Å². The molecule has 2 unspecified atom stereocenters. The van der Waals surface area contributed by atoms with Crippen molar-refractivity contribution in [3.8, 4) is 0 Å². The van der Waals surface area contributed by atoms with E-state index in [-0.39, 0.29) is 10.6 Å². The highest BCUT2D eigenvalue weighted by molar-refractivity contribution is 5.80. The van der Waals surface area contributed by atoms with Gasteiger partial charge in [0.05, 0.1) is 11.5 Å². The summed E-state index contributed by atoms with van der Waals surface area (Å²) in [6.07, 6.45) is 1.17. The molecule has 0 radical (unpaired) electrons. The molecular formula is C14H20N4O2. The average Bonchev–Trinajstić information content (AvgIpc) is 3.12. The van der Waals surface area contributed by atoms with Crippen molar-refractivity contribution in [1.82, 2.24) is 10.6 Å². The number of benzene rings is 1. The summed E-state index contributed by atoms with van der Waals surface area (Å²) in [6, 6.07) is 7.08. The van der Waals surface area contributed by atoms with E-state index >= 15 is 0 Å². The van der Waals surface area contributed by atoms with E-state index in [1.807, 2.05) is 13.0 Å². The van der Waals surface area contributed by atoms with Gasteiger partial charge in [0, 0.05) is 24.7 Å². The van der Waals surface area contributed by atoms with Gasteiger partial charge >= 0.3 is 0 Å². The molecule has 108 valence electrons. The number of nitrogens with one attached hydrogen (secondary N) is 2. The molecule has 0 heterocycles. The van der Waals surface area contributed by atoms with Gasteiger partial charge in [0.2, 0.25) is 0 Å². The molecule has 2 atom stereocenters. The minimum atomic E-state index is -0.386. The maximum absolute atomic E-state index is 10.7. The minimum absolute atomic E-state index is 0.103. The first-order valence-corrected chi connectivity index (χ1v) is 6.88. The Morgan fingerprint density at radius 1 is 1.55 bits per heavy atom. The van der Waals surface area contributed by atoms with Crippen molar-refractivity contribution in [3.05, 3.63) is 39.9 Å². The molecule has 6 nitrogen and oxygen atoms in total. The van der Waals surface area contributed by atoms with Crippen LogP contribution in [0.4, 0.5) is 5.69 Å². The van der Waals surface area contributed by atoms with E-state index in [0.29, 0.717) is 18.5 Å². The van der Waals surface area contributed by atoms with Gasteiger partial charge < -0.3 is 10.6 Å². The van der Waals surface area contributed by atoms with Gasteiger partial charge in [0.1, 0.15) is 0 Å². The number of rotatable bonds is 5. The molecule has 0 aliphatic heterocycles. The predicted octanol–water partition coefficient (Wildman–Crippen LogP) is 2.06. The monoisotopic (exact) mass is 276 g/mol. The van der Waals surface area contributed by atoms with Gasteiger partial charge in [-0.15, -0.1) is 0 Å². The Kier molecular flexibility index (Phi) is 4.55. The standard InChI is InChI=1S/C14H20N4O2/c1-3-15-14(17-13-7-10(13)2)16-9-11-5-4-6-12(8-11)18(19)20/h4-6,8,10,13H,3,7,9H2,1-2H3,(H2,15,16,17). The molecule has 2 N–H and O–H groups in total. The lowest BCUT2D eigenvalue weighted by atomic mass is 10.2. The quantitative estimate of drug-likeness (QED) is 0.373. The molecule has 6 heteroatoms. The lowest BCUT2D eigenvalue weighted by Gasteiger charge is -2.10. The summed E-state index contributed by atoms with van der Waals surface area (Å²) in [7, 11) is 0. The highest BCUT2D eigenvalue weighted by atomic mass is 16.6. The summed E-state index contributed by atoms with van der Waals surface area (Å²) in [5.41, 5.74) is 0.937. The Bertz CT molecular complexity index is 516. The van der Waals surface area contributed by atoms with E-state index in [1.165, 1.54) is 12.5 Å². The van der Waals surface area contributed by atoms with Crippen molar-refractivity contribution in [2.45, 2.75) is 32.9 Å². The molecule has 0 saturated heterocycles. The van der Waals surface area contributed by atoms with Crippen LogP contribution in [0.3, 0.4) is 0 Å². The summed E-state index contributed by atoms with van der Waals surface area (Å²) in [4.78, 5) is 14.8. The summed E-state index contributed by atoms with van der Waals surface area (Å²) in [6.45, 7) is 5.43. The van der Waals surface area contributed by atoms with Crippen LogP contribution in [0.1, 0.15) is 25.8 Å². The molecule has 20 heavy (non-hydrogen) atoms. The molecule has 1 aliphatic rings. The maximum atomic E-state index is 10.7. The highest BCUT2D eigenvalue weighted by Crippen LogP contribution is 2.28. The van der Waals surface area contributed by atoms with Crippen LogP contribution in [0.5, 0.6) is 0 Å². The molecular weight excluding hydrogens is 256 g/mol. The van der Waals surface area contributed by atoms with Crippen molar-refractivity contribution in [2.24, 2.45) is 10.9 Å². The van der Waals surface area contributed by atoms with Crippen molar-refractivity contribution in [1.29, 1.82) is 0 Å². The second-order valence-corrected chi connectivity index (χ2v) is 5.09. The summed E-state index contributed by atoms with van der Waals surface area (Å²) in [5, 5.41) is 17.3. The van der Waals surface area contributed by atoms with E-state index in [9.17, 15) is 10.1 Å². The summed E-state index contributed by atoms with van der Waals surface area (Å²) < 4.78 is 0. The zero-order chi connectivity index (χ0) is 14.5. The fraction of sp³-hybridized carbons (Fsp3) is 0.500. The van der Waals surface area contributed by atoms with E-state index in [2.05, 4.69) is 22.5 Å². The third-order valence-electron chi connectivity index (χ3n) is 3.32. The zero-order valence-corrected chi connectivity index (χ0v) is 11.8. The van der Waals surface area contributed by atoms with Gasteiger partial charge in [-0.2, -0.15) is 0 Å². The Morgan fingerprint density at radius 2 is 2.30 bits per heavy atom. The third-order valence-corrected chi connectivity index (χ3v) is 3.32. The van der Waals surface area contributed by atoms with Gasteiger partial charge in [0.15, 0.2) is 5.96 Å². The average molecular weight is 276 g/mol. The highest BCUT2D eigenvalue weighted by Gasteiger charge is 2.33. The Hall–Kier alpha value is -2.11. The molecule has 2 rings (SSSR count). The smallest absolute Gasteiger partial charge is 0.269 e. The Morgan fingerprint density at radius 3 is 2.90 bits per heavy atom. The first-order valence-electron chi connectivity index (χ1n) is 6.88. The minimum Gasteiger partial charge on any atom is -0.357 e. The zero-order valence-electron chi connectivity index (χ0n) is 11.8. The van der Waals surface area contributed by atoms with Crippen LogP contribution in [0.25, 0.3) is 0 Å². The second-order valence-electron chi connectivity index (χ2n) is 5.09. The largest absolute Gasteiger partial charge is 0.357 e. The van der Waals surface area contributed by atoms with Crippen LogP contribution in [0, 0.1) is 16.0 Å². The first-order chi connectivity index (χ1) is 9.60. The third kappa shape index (κ3) is 3.94. The summed E-state index contributed by atoms with van der Waals surface area (Å²) >= 11 is 0. The molecule has 1 aromatic rings. The number of hydrogen-bond donors (Lipinski definition) is 2. The van der Waals surface area contributed by atoms with Crippen molar-refractivity contribution in [3.63, 3.8) is 0 Å². The van der Waals surface area contributed by atoms with Crippen molar-refractivity contribution >= 4 is 11.6 Å². The second kappa shape index (κ2) is 6.36. The van der Waals surface area contributed by atoms with Crippen LogP contribution < -0.4 is 10.6 Å². The van der Waals surface area contributed by atoms with E-state index in [4.69, 9.17) is 0 Å². The molecule has 1 aromatic carbocycles. The van der Waals surface area contributed by atoms with Crippen molar-refractivity contribution in [2.75, 3.05) is 6.54 Å². The predicted molar refractivity (Wildman–Crippen MR) is 78.6 cm³/mol. The lowest BCUT2D eigenvalue weighted by Crippen LogP contribution is -2.39. The van der Waals surface area contributed by atoms with Crippen LogP contribution in [-0.2, 0) is 6.54 Å². The number of nitro benzene ring substituents is 1. The fourth-order valence-corrected chi connectivity index (χ4v) is 1.96. The lowest BCUT2D eigenvalue weighted by molar-refractivity contribution is -0.384. The fourth-order valence-electron chi connectivity index (χ4n) is 1.96. The normalized spacial score (nSPS) is 21.4. The molecule has 1 saturated carbocycles. The number of aliphatic imine (C=N–C) groups is 1. The SMILES string of the molecule is CCNC(=NCc1cccc([N+](=O)[O-])c1)NC1CC1C. The molecule has 0 bridgehead atoms. The van der Waals surface area contributed by atoms with E-state index in [1.54, 1.807) is 12.1 Å². The Labute approximate surface area is 118 Å². The van der Waals surface area contributed by atoms with Gasteiger partial charge in [-0.3, -0.25) is 10.1 Å². The van der Waals surface area contributed by atoms with Crippen LogP contribution in [-0.4, -0.2) is 23.5 Å². The molecule has 1 fully saturated rings. The maximum Gasteiger partial charge on any atom is 0.269 e. The van der Waals surface area contributed by atoms with Crippen LogP contribution in [0.2, 0.25) is 0 Å². The molecule has 1 aliphatic carbocycles. The van der Waals surface area contributed by atoms with Gasteiger partial charge in [-0.1, -0.05) is 19.1 Å². The number of hydrogen-bond acceptors (Lipinski definition) is 3. The molecule has 0 amide bonds. The topological polar surface area (TPSA) is 79.6 Å². The number of non-ortho nitro benzene ring substituents is 1. The summed E-state index contributed by atoms with van der Waals surface area (Å²) in [5.74, 6) is 1.46. The number of guanidine groups is 1. The van der Waals surface area contributed by atoms with Crippen LogP contribution >= 0.6 is 0 Å². The van der Waals surface area contributed by atoms with E-state index in [0.717, 1.165) is 18.1 Å². The van der Waals surface area contributed by atoms with Crippen molar-refractivity contribution < 1.29 is 4.92 Å². The number of nitrogens with zero attached hydrogens (tertiary/aromatic N) is 2. The van der Waals surface area contributed by atoms with Gasteiger partial charge in [-0.25, -0.2) is 4.99 Å². The molecule has 0 spiro atoms. The first kappa shape index (κ1) is 14.3. The Balaban J connectivity index is 2.00. The van der Waals surface area contributed by atoms with Gasteiger partial charge in [0.25, 0.3) is 5.69 Å². The number of nitro groups is 1. The molecule has 0 aromatic heterocycles. The van der Waals surface area contributed by atoms with E-state index < -0.39 is 0 Å².